The van der Waals surface area contributed by atoms with E-state index in [4.69, 9.17) is 4.74 Å². The van der Waals surface area contributed by atoms with E-state index < -0.39 is 0 Å². The van der Waals surface area contributed by atoms with Gasteiger partial charge < -0.3 is 14.7 Å². The molecule has 0 radical (unpaired) electrons. The molecule has 1 unspecified atom stereocenters. The van der Waals surface area contributed by atoms with Crippen LogP contribution in [0.3, 0.4) is 0 Å². The van der Waals surface area contributed by atoms with Gasteiger partial charge in [0.2, 0.25) is 0 Å². The minimum absolute atomic E-state index is 0.0498. The van der Waals surface area contributed by atoms with Crippen LogP contribution in [0.2, 0.25) is 0 Å². The molecule has 4 heteroatoms. The fourth-order valence-electron chi connectivity index (χ4n) is 3.77. The standard InChI is InChI=1S/C19H25NO3/c1-4-13-10-12(3)11-14(5-2)16(13)17-18(21)15-6-8-23-9-7-20(15)19(17)22/h10-11,15,21H,4-9H2,1-3H3. The predicted molar refractivity (Wildman–Crippen MR) is 90.4 cm³/mol. The van der Waals surface area contributed by atoms with Crippen molar-refractivity contribution in [3.05, 3.63) is 40.1 Å². The molecule has 0 bridgehead atoms. The molecule has 2 heterocycles. The maximum Gasteiger partial charge on any atom is 0.258 e. The molecule has 1 aromatic carbocycles. The van der Waals surface area contributed by atoms with E-state index in [1.54, 1.807) is 4.90 Å². The van der Waals surface area contributed by atoms with Gasteiger partial charge in [0, 0.05) is 13.2 Å². The number of carbonyl (C=O) groups is 1. The average molecular weight is 315 g/mol. The van der Waals surface area contributed by atoms with Crippen LogP contribution < -0.4 is 0 Å². The zero-order valence-corrected chi connectivity index (χ0v) is 14.2. The highest BCUT2D eigenvalue weighted by atomic mass is 16.5. The van der Waals surface area contributed by atoms with E-state index in [9.17, 15) is 9.90 Å². The van der Waals surface area contributed by atoms with Crippen LogP contribution in [0.15, 0.2) is 17.9 Å². The summed E-state index contributed by atoms with van der Waals surface area (Å²) < 4.78 is 5.45. The fraction of sp³-hybridized carbons (Fsp3) is 0.526. The highest BCUT2D eigenvalue weighted by Gasteiger charge is 2.41. The molecule has 23 heavy (non-hydrogen) atoms. The Balaban J connectivity index is 2.16. The number of hydrogen-bond acceptors (Lipinski definition) is 3. The quantitative estimate of drug-likeness (QED) is 0.933. The predicted octanol–water partition coefficient (Wildman–Crippen LogP) is 3.02. The Morgan fingerprint density at radius 1 is 1.22 bits per heavy atom. The van der Waals surface area contributed by atoms with E-state index >= 15 is 0 Å². The van der Waals surface area contributed by atoms with Crippen LogP contribution in [0.25, 0.3) is 5.57 Å². The maximum atomic E-state index is 13.0. The zero-order valence-electron chi connectivity index (χ0n) is 14.2. The molecule has 1 aromatic rings. The molecule has 0 spiro atoms. The number of carbonyl (C=O) groups excluding carboxylic acids is 1. The van der Waals surface area contributed by atoms with Gasteiger partial charge in [-0.2, -0.15) is 0 Å². The van der Waals surface area contributed by atoms with Gasteiger partial charge in [-0.15, -0.1) is 0 Å². The van der Waals surface area contributed by atoms with Crippen LogP contribution >= 0.6 is 0 Å². The Kier molecular flexibility index (Phi) is 4.44. The molecule has 1 N–H and O–H groups in total. The summed E-state index contributed by atoms with van der Waals surface area (Å²) in [5.41, 5.74) is 4.97. The molecule has 1 atom stereocenters. The van der Waals surface area contributed by atoms with E-state index in [1.807, 2.05) is 0 Å². The molecule has 3 rings (SSSR count). The van der Waals surface area contributed by atoms with Gasteiger partial charge in [0.15, 0.2) is 0 Å². The van der Waals surface area contributed by atoms with Crippen molar-refractivity contribution >= 4 is 11.5 Å². The number of nitrogens with zero attached hydrogens (tertiary/aromatic N) is 1. The zero-order chi connectivity index (χ0) is 16.6. The maximum absolute atomic E-state index is 13.0. The topological polar surface area (TPSA) is 49.8 Å². The van der Waals surface area contributed by atoms with Gasteiger partial charge in [-0.1, -0.05) is 31.5 Å². The highest BCUT2D eigenvalue weighted by Crippen LogP contribution is 2.37. The second kappa shape index (κ2) is 6.36. The van der Waals surface area contributed by atoms with Crippen molar-refractivity contribution in [1.82, 2.24) is 4.90 Å². The SMILES string of the molecule is CCc1cc(C)cc(CC)c1C1=C(O)C2CCOCCN2C1=O. The van der Waals surface area contributed by atoms with E-state index in [1.165, 1.54) is 5.56 Å². The van der Waals surface area contributed by atoms with Crippen LogP contribution in [0, 0.1) is 6.92 Å². The second-order valence-electron chi connectivity index (χ2n) is 6.34. The lowest BCUT2D eigenvalue weighted by molar-refractivity contribution is -0.125. The van der Waals surface area contributed by atoms with Crippen molar-refractivity contribution in [2.75, 3.05) is 19.8 Å². The second-order valence-corrected chi connectivity index (χ2v) is 6.34. The summed E-state index contributed by atoms with van der Waals surface area (Å²) in [4.78, 5) is 14.8. The highest BCUT2D eigenvalue weighted by molar-refractivity contribution is 6.23. The summed E-state index contributed by atoms with van der Waals surface area (Å²) in [6.45, 7) is 7.95. The van der Waals surface area contributed by atoms with Crippen LogP contribution in [0.4, 0.5) is 0 Å². The summed E-state index contributed by atoms with van der Waals surface area (Å²) in [6, 6.07) is 4.04. The number of benzene rings is 1. The van der Waals surface area contributed by atoms with Crippen LogP contribution in [-0.2, 0) is 22.4 Å². The van der Waals surface area contributed by atoms with Crippen LogP contribution in [0.1, 0.15) is 42.5 Å². The molecular weight excluding hydrogens is 290 g/mol. The van der Waals surface area contributed by atoms with E-state index in [2.05, 4.69) is 32.9 Å². The third kappa shape index (κ3) is 2.65. The lowest BCUT2D eigenvalue weighted by atomic mass is 9.89. The number of aryl methyl sites for hydroxylation is 3. The van der Waals surface area contributed by atoms with E-state index in [0.29, 0.717) is 31.8 Å². The first-order valence-electron chi connectivity index (χ1n) is 8.53. The lowest BCUT2D eigenvalue weighted by Gasteiger charge is -2.21. The minimum atomic E-state index is -0.226. The number of fused-ring (bicyclic) bond motifs is 1. The van der Waals surface area contributed by atoms with E-state index in [0.717, 1.165) is 29.5 Å². The number of aliphatic hydroxyl groups excluding tert-OH is 1. The van der Waals surface area contributed by atoms with Crippen molar-refractivity contribution in [3.63, 3.8) is 0 Å². The van der Waals surface area contributed by atoms with Gasteiger partial charge in [-0.05, 0) is 42.9 Å². The van der Waals surface area contributed by atoms with Crippen LogP contribution in [0.5, 0.6) is 0 Å². The van der Waals surface area contributed by atoms with Gasteiger partial charge >= 0.3 is 0 Å². The van der Waals surface area contributed by atoms with Crippen molar-refractivity contribution in [3.8, 4) is 0 Å². The van der Waals surface area contributed by atoms with Crippen molar-refractivity contribution < 1.29 is 14.6 Å². The summed E-state index contributed by atoms with van der Waals surface area (Å²) in [6.07, 6.45) is 2.36. The molecule has 124 valence electrons. The van der Waals surface area contributed by atoms with Gasteiger partial charge in [0.25, 0.3) is 5.91 Å². The Labute approximate surface area is 137 Å². The largest absolute Gasteiger partial charge is 0.509 e. The number of amides is 1. The van der Waals surface area contributed by atoms with Gasteiger partial charge in [0.05, 0.1) is 18.2 Å². The molecule has 0 saturated carbocycles. The first-order chi connectivity index (χ1) is 11.1. The smallest absolute Gasteiger partial charge is 0.258 e. The Hall–Kier alpha value is -1.81. The third-order valence-electron chi connectivity index (χ3n) is 4.89. The fourth-order valence-corrected chi connectivity index (χ4v) is 3.77. The number of ether oxygens (including phenoxy) is 1. The lowest BCUT2D eigenvalue weighted by Crippen LogP contribution is -2.36. The molecule has 2 aliphatic heterocycles. The van der Waals surface area contributed by atoms with Gasteiger partial charge in [-0.3, -0.25) is 4.79 Å². The molecule has 1 amide bonds. The Bertz CT molecular complexity index is 638. The number of hydrogen-bond donors (Lipinski definition) is 1. The first-order valence-corrected chi connectivity index (χ1v) is 8.53. The third-order valence-corrected chi connectivity index (χ3v) is 4.89. The summed E-state index contributed by atoms with van der Waals surface area (Å²) in [7, 11) is 0. The van der Waals surface area contributed by atoms with Crippen molar-refractivity contribution in [2.45, 2.75) is 46.1 Å². The normalized spacial score (nSPS) is 21.6. The minimum Gasteiger partial charge on any atom is -0.509 e. The molecule has 1 fully saturated rings. The number of aliphatic hydroxyl groups is 1. The van der Waals surface area contributed by atoms with Crippen molar-refractivity contribution in [2.24, 2.45) is 0 Å². The van der Waals surface area contributed by atoms with Gasteiger partial charge in [0.1, 0.15) is 5.76 Å². The van der Waals surface area contributed by atoms with E-state index in [-0.39, 0.29) is 17.7 Å². The molecule has 1 saturated heterocycles. The number of rotatable bonds is 3. The molecular formula is C19H25NO3. The summed E-state index contributed by atoms with van der Waals surface area (Å²) >= 11 is 0. The molecule has 2 aliphatic rings. The Morgan fingerprint density at radius 2 is 1.87 bits per heavy atom. The van der Waals surface area contributed by atoms with Crippen molar-refractivity contribution in [1.29, 1.82) is 0 Å². The average Bonchev–Trinajstić information content (AvgIpc) is 2.74. The first kappa shape index (κ1) is 16.1. The van der Waals surface area contributed by atoms with Gasteiger partial charge in [-0.25, -0.2) is 0 Å². The summed E-state index contributed by atoms with van der Waals surface area (Å²) in [5, 5.41) is 10.8. The van der Waals surface area contributed by atoms with Crippen LogP contribution in [-0.4, -0.2) is 41.7 Å². The molecule has 0 aliphatic carbocycles. The Morgan fingerprint density at radius 3 is 2.48 bits per heavy atom. The molecule has 0 aromatic heterocycles. The monoisotopic (exact) mass is 315 g/mol. The summed E-state index contributed by atoms with van der Waals surface area (Å²) in [5.74, 6) is 0.181. The molecule has 4 nitrogen and oxygen atoms in total.